The van der Waals surface area contributed by atoms with Gasteiger partial charge in [0.25, 0.3) is 0 Å². The van der Waals surface area contributed by atoms with Gasteiger partial charge in [0, 0.05) is 32.6 Å². The number of carbonyl (C=O) groups excluding carboxylic acids is 3. The van der Waals surface area contributed by atoms with Gasteiger partial charge >= 0.3 is 17.9 Å². The highest BCUT2D eigenvalue weighted by Gasteiger charge is 2.74. The minimum atomic E-state index is -2.27. The summed E-state index contributed by atoms with van der Waals surface area (Å²) in [7, 11) is 6.01. The third-order valence-corrected chi connectivity index (χ3v) is 6.91. The number of hydrogen-bond donors (Lipinski definition) is 0. The van der Waals surface area contributed by atoms with Gasteiger partial charge in [-0.25, -0.2) is 4.79 Å². The van der Waals surface area contributed by atoms with Crippen molar-refractivity contribution in [3.05, 3.63) is 59.7 Å². The molecule has 0 fully saturated rings. The molecule has 1 aromatic carbocycles. The van der Waals surface area contributed by atoms with Gasteiger partial charge < -0.3 is 23.7 Å². The molecule has 0 aliphatic heterocycles. The van der Waals surface area contributed by atoms with Gasteiger partial charge in [-0.2, -0.15) is 0 Å². The molecular formula is C25H30Cl2O8. The van der Waals surface area contributed by atoms with E-state index in [9.17, 15) is 14.4 Å². The molecule has 10 heteroatoms. The van der Waals surface area contributed by atoms with Gasteiger partial charge in [-0.1, -0.05) is 71.3 Å². The molecule has 0 amide bonds. The molecule has 0 N–H and O–H groups in total. The van der Waals surface area contributed by atoms with Crippen molar-refractivity contribution in [2.45, 2.75) is 35.3 Å². The molecule has 0 saturated heterocycles. The maximum Gasteiger partial charge on any atom is 0.333 e. The highest BCUT2D eigenvalue weighted by atomic mass is 35.5. The van der Waals surface area contributed by atoms with E-state index in [1.165, 1.54) is 33.5 Å². The van der Waals surface area contributed by atoms with E-state index in [0.717, 1.165) is 19.8 Å². The molecule has 1 unspecified atom stereocenters. The first-order chi connectivity index (χ1) is 16.6. The zero-order valence-corrected chi connectivity index (χ0v) is 21.9. The summed E-state index contributed by atoms with van der Waals surface area (Å²) in [4.78, 5) is 38.0. The molecule has 35 heavy (non-hydrogen) atoms. The number of halogens is 2. The number of benzene rings is 1. The van der Waals surface area contributed by atoms with E-state index in [4.69, 9.17) is 42.1 Å². The van der Waals surface area contributed by atoms with Crippen molar-refractivity contribution in [2.75, 3.05) is 35.5 Å². The average molecular weight is 529 g/mol. The van der Waals surface area contributed by atoms with Crippen LogP contribution in [0.5, 0.6) is 0 Å². The summed E-state index contributed by atoms with van der Waals surface area (Å²) < 4.78 is 23.9. The molecule has 192 valence electrons. The van der Waals surface area contributed by atoms with Crippen molar-refractivity contribution >= 4 is 41.1 Å². The predicted octanol–water partition coefficient (Wildman–Crippen LogP) is 4.11. The second kappa shape index (κ2) is 12.0. The molecule has 1 atom stereocenters. The minimum Gasteiger partial charge on any atom is -0.468 e. The van der Waals surface area contributed by atoms with Crippen LogP contribution in [0.4, 0.5) is 0 Å². The van der Waals surface area contributed by atoms with Crippen LogP contribution < -0.4 is 0 Å². The van der Waals surface area contributed by atoms with Crippen LogP contribution in [-0.2, 0) is 38.1 Å². The van der Waals surface area contributed by atoms with Crippen LogP contribution in [-0.4, -0.2) is 63.6 Å². The highest BCUT2D eigenvalue weighted by Crippen LogP contribution is 2.59. The number of methoxy groups -OCH3 is 5. The average Bonchev–Trinajstić information content (AvgIpc) is 2.87. The second-order valence-corrected chi connectivity index (χ2v) is 9.37. The van der Waals surface area contributed by atoms with Gasteiger partial charge in [-0.15, -0.1) is 0 Å². The Hall–Kier alpha value is -2.39. The lowest BCUT2D eigenvalue weighted by Gasteiger charge is -2.52. The lowest BCUT2D eigenvalue weighted by atomic mass is 9.67. The van der Waals surface area contributed by atoms with E-state index in [1.54, 1.807) is 6.08 Å². The predicted molar refractivity (Wildman–Crippen MR) is 130 cm³/mol. The van der Waals surface area contributed by atoms with Gasteiger partial charge in [0.05, 0.1) is 21.3 Å². The molecule has 0 radical (unpaired) electrons. The van der Waals surface area contributed by atoms with E-state index in [2.05, 4.69) is 4.74 Å². The first kappa shape index (κ1) is 28.8. The summed E-state index contributed by atoms with van der Waals surface area (Å²) in [6, 6.07) is 9.42. The lowest BCUT2D eigenvalue weighted by molar-refractivity contribution is -0.274. The van der Waals surface area contributed by atoms with Crippen molar-refractivity contribution in [2.24, 2.45) is 5.41 Å². The smallest absolute Gasteiger partial charge is 0.333 e. The number of esters is 3. The summed E-state index contributed by atoms with van der Waals surface area (Å²) in [6.45, 7) is 0. The largest absolute Gasteiger partial charge is 0.468 e. The van der Waals surface area contributed by atoms with Crippen molar-refractivity contribution in [1.29, 1.82) is 0 Å². The number of carbonyl (C=O) groups is 3. The van der Waals surface area contributed by atoms with Gasteiger partial charge in [0.1, 0.15) is 0 Å². The van der Waals surface area contributed by atoms with Gasteiger partial charge in [0.2, 0.25) is 11.2 Å². The third kappa shape index (κ3) is 5.26. The van der Waals surface area contributed by atoms with Crippen molar-refractivity contribution < 1.29 is 38.1 Å². The van der Waals surface area contributed by atoms with Crippen LogP contribution in [0.15, 0.2) is 54.1 Å². The highest BCUT2D eigenvalue weighted by molar-refractivity contribution is 6.50. The van der Waals surface area contributed by atoms with Crippen molar-refractivity contribution in [3.63, 3.8) is 0 Å². The molecule has 0 aromatic heterocycles. The van der Waals surface area contributed by atoms with Crippen LogP contribution in [0.25, 0.3) is 0 Å². The zero-order chi connectivity index (χ0) is 26.3. The molecule has 0 heterocycles. The summed E-state index contributed by atoms with van der Waals surface area (Å²) in [5.74, 6) is -4.98. The molecule has 0 spiro atoms. The normalized spacial score (nSPS) is 18.9. The van der Waals surface area contributed by atoms with Crippen LogP contribution >= 0.6 is 23.2 Å². The molecular weight excluding hydrogens is 499 g/mol. The topological polar surface area (TPSA) is 97.4 Å². The fourth-order valence-electron chi connectivity index (χ4n) is 4.57. The Balaban J connectivity index is 2.76. The number of rotatable bonds is 10. The Morgan fingerprint density at radius 1 is 0.943 bits per heavy atom. The molecule has 1 aromatic rings. The van der Waals surface area contributed by atoms with Gasteiger partial charge in [-0.3, -0.25) is 9.59 Å². The number of hydrogen-bond acceptors (Lipinski definition) is 8. The fraction of sp³-hybridized carbons (Fsp3) is 0.480. The summed E-state index contributed by atoms with van der Waals surface area (Å²) in [6.07, 6.45) is 5.42. The van der Waals surface area contributed by atoms with Crippen LogP contribution in [0.3, 0.4) is 0 Å². The minimum absolute atomic E-state index is 0.00614. The zero-order valence-electron chi connectivity index (χ0n) is 20.3. The molecule has 8 nitrogen and oxygen atoms in total. The SMILES string of the molecule is COC(=O)C=CCCC(C1=CC(C(=O)OC)(C(=O)OC)C(OC)(OC)C(Cl)(Cl)C1)c1ccccc1. The van der Waals surface area contributed by atoms with Crippen LogP contribution in [0.2, 0.25) is 0 Å². The monoisotopic (exact) mass is 528 g/mol. The Labute approximate surface area is 215 Å². The number of ether oxygens (including phenoxy) is 5. The first-order valence-corrected chi connectivity index (χ1v) is 11.5. The maximum absolute atomic E-state index is 13.3. The van der Waals surface area contributed by atoms with Crippen molar-refractivity contribution in [1.82, 2.24) is 0 Å². The van der Waals surface area contributed by atoms with E-state index >= 15 is 0 Å². The number of alkyl halides is 2. The summed E-state index contributed by atoms with van der Waals surface area (Å²) in [5.41, 5.74) is -0.806. The third-order valence-electron chi connectivity index (χ3n) is 6.15. The van der Waals surface area contributed by atoms with Crippen molar-refractivity contribution in [3.8, 4) is 0 Å². The Morgan fingerprint density at radius 3 is 2.00 bits per heavy atom. The molecule has 1 aliphatic carbocycles. The van der Waals surface area contributed by atoms with Crippen LogP contribution in [0, 0.1) is 5.41 Å². The molecule has 0 saturated carbocycles. The Kier molecular flexibility index (Phi) is 9.92. The molecule has 2 rings (SSSR count). The number of allylic oxidation sites excluding steroid dienone is 2. The van der Waals surface area contributed by atoms with Gasteiger partial charge in [-0.05, 0) is 18.4 Å². The summed E-state index contributed by atoms with van der Waals surface area (Å²) in [5, 5.41) is 0. The van der Waals surface area contributed by atoms with E-state index in [-0.39, 0.29) is 12.3 Å². The van der Waals surface area contributed by atoms with E-state index in [0.29, 0.717) is 18.4 Å². The molecule has 1 aliphatic rings. The maximum atomic E-state index is 13.3. The molecule has 0 bridgehead atoms. The Bertz CT molecular complexity index is 951. The van der Waals surface area contributed by atoms with Crippen LogP contribution in [0.1, 0.15) is 30.7 Å². The quantitative estimate of drug-likeness (QED) is 0.0850. The second-order valence-electron chi connectivity index (χ2n) is 7.88. The van der Waals surface area contributed by atoms with Gasteiger partial charge in [0.15, 0.2) is 4.33 Å². The first-order valence-electron chi connectivity index (χ1n) is 10.8. The Morgan fingerprint density at radius 2 is 1.51 bits per heavy atom. The standard InChI is InChI=1S/C25H30Cl2O8/c1-31-20(28)14-10-9-13-19(17-11-7-6-8-12-17)18-15-23(21(29)32-2,22(30)33-3)25(34-4,35-5)24(26,27)16-18/h6-8,10-12,14-15,19H,9,13,16H2,1-5H3. The van der Waals surface area contributed by atoms with E-state index in [1.807, 2.05) is 30.3 Å². The van der Waals surface area contributed by atoms with E-state index < -0.39 is 33.4 Å². The lowest BCUT2D eigenvalue weighted by Crippen LogP contribution is -2.69. The fourth-order valence-corrected chi connectivity index (χ4v) is 5.48. The summed E-state index contributed by atoms with van der Waals surface area (Å²) >= 11 is 13.6.